The van der Waals surface area contributed by atoms with Gasteiger partial charge in [0.2, 0.25) is 0 Å². The van der Waals surface area contributed by atoms with Crippen molar-refractivity contribution in [3.8, 4) is 0 Å². The molecule has 1 aromatic heterocycles. The van der Waals surface area contributed by atoms with Gasteiger partial charge in [-0.3, -0.25) is 4.98 Å². The normalized spacial score (nSPS) is 15.6. The lowest BCUT2D eigenvalue weighted by Crippen LogP contribution is -2.44. The zero-order valence-electron chi connectivity index (χ0n) is 8.08. The van der Waals surface area contributed by atoms with Crippen molar-refractivity contribution >= 4 is 11.3 Å². The van der Waals surface area contributed by atoms with Crippen molar-refractivity contribution in [2.24, 2.45) is 0 Å². The summed E-state index contributed by atoms with van der Waals surface area (Å²) in [4.78, 5) is 5.19. The molecule has 0 bridgehead atoms. The van der Waals surface area contributed by atoms with Gasteiger partial charge in [-0.2, -0.15) is 0 Å². The van der Waals surface area contributed by atoms with Gasteiger partial charge in [0, 0.05) is 23.2 Å². The number of thiazole rings is 1. The molecule has 3 nitrogen and oxygen atoms in total. The third-order valence-corrected chi connectivity index (χ3v) is 3.08. The van der Waals surface area contributed by atoms with Gasteiger partial charge < -0.3 is 10.4 Å². The van der Waals surface area contributed by atoms with E-state index in [0.29, 0.717) is 0 Å². The molecular weight excluding hydrogens is 184 g/mol. The summed E-state index contributed by atoms with van der Waals surface area (Å²) in [5.41, 5.74) is 1.66. The summed E-state index contributed by atoms with van der Waals surface area (Å²) in [5.74, 6) is 0. The molecule has 0 spiro atoms. The van der Waals surface area contributed by atoms with Crippen molar-refractivity contribution in [2.75, 3.05) is 6.61 Å². The molecule has 1 atom stereocenters. The predicted octanol–water partition coefficient (Wildman–Crippen LogP) is 1.39. The second-order valence-electron chi connectivity index (χ2n) is 3.39. The SMILES string of the molecule is CCC(C)(CO)NCc1cncs1. The quantitative estimate of drug-likeness (QED) is 0.755. The molecule has 0 aliphatic heterocycles. The molecule has 0 aliphatic carbocycles. The lowest BCUT2D eigenvalue weighted by Gasteiger charge is -2.26. The third kappa shape index (κ3) is 3.06. The lowest BCUT2D eigenvalue weighted by atomic mass is 10.0. The molecule has 4 heteroatoms. The Morgan fingerprint density at radius 1 is 1.69 bits per heavy atom. The Morgan fingerprint density at radius 2 is 2.46 bits per heavy atom. The van der Waals surface area contributed by atoms with Crippen LogP contribution in [0, 0.1) is 0 Å². The van der Waals surface area contributed by atoms with Gasteiger partial charge in [-0.25, -0.2) is 0 Å². The van der Waals surface area contributed by atoms with Crippen LogP contribution in [0.5, 0.6) is 0 Å². The van der Waals surface area contributed by atoms with Crippen LogP contribution in [-0.4, -0.2) is 22.2 Å². The highest BCUT2D eigenvalue weighted by Gasteiger charge is 2.19. The van der Waals surface area contributed by atoms with Gasteiger partial charge in [0.15, 0.2) is 0 Å². The largest absolute Gasteiger partial charge is 0.394 e. The first-order chi connectivity index (χ1) is 6.20. The summed E-state index contributed by atoms with van der Waals surface area (Å²) in [6, 6.07) is 0. The van der Waals surface area contributed by atoms with Gasteiger partial charge in [0.1, 0.15) is 0 Å². The molecule has 0 aliphatic rings. The number of hydrogen-bond acceptors (Lipinski definition) is 4. The Bertz CT molecular complexity index is 232. The van der Waals surface area contributed by atoms with Gasteiger partial charge in [0.25, 0.3) is 0 Å². The van der Waals surface area contributed by atoms with Gasteiger partial charge in [-0.05, 0) is 13.3 Å². The highest BCUT2D eigenvalue weighted by molar-refractivity contribution is 7.09. The molecule has 13 heavy (non-hydrogen) atoms. The summed E-state index contributed by atoms with van der Waals surface area (Å²) in [7, 11) is 0. The third-order valence-electron chi connectivity index (χ3n) is 2.30. The molecule has 2 N–H and O–H groups in total. The van der Waals surface area contributed by atoms with Crippen molar-refractivity contribution < 1.29 is 5.11 Å². The smallest absolute Gasteiger partial charge is 0.0794 e. The Kier molecular flexibility index (Phi) is 3.84. The van der Waals surface area contributed by atoms with Gasteiger partial charge >= 0.3 is 0 Å². The van der Waals surface area contributed by atoms with Crippen LogP contribution in [0.2, 0.25) is 0 Å². The van der Waals surface area contributed by atoms with Gasteiger partial charge in [-0.1, -0.05) is 6.92 Å². The van der Waals surface area contributed by atoms with Crippen molar-refractivity contribution in [1.82, 2.24) is 10.3 Å². The van der Waals surface area contributed by atoms with E-state index >= 15 is 0 Å². The van der Waals surface area contributed by atoms with E-state index < -0.39 is 0 Å². The van der Waals surface area contributed by atoms with Crippen LogP contribution < -0.4 is 5.32 Å². The van der Waals surface area contributed by atoms with Crippen molar-refractivity contribution in [2.45, 2.75) is 32.4 Å². The fraction of sp³-hybridized carbons (Fsp3) is 0.667. The molecule has 0 radical (unpaired) electrons. The summed E-state index contributed by atoms with van der Waals surface area (Å²) in [6.07, 6.45) is 2.77. The van der Waals surface area contributed by atoms with E-state index in [4.69, 9.17) is 5.11 Å². The van der Waals surface area contributed by atoms with Crippen molar-refractivity contribution in [3.63, 3.8) is 0 Å². The molecule has 0 saturated heterocycles. The van der Waals surface area contributed by atoms with Crippen LogP contribution in [0.4, 0.5) is 0 Å². The first-order valence-corrected chi connectivity index (χ1v) is 5.31. The van der Waals surface area contributed by atoms with E-state index in [1.165, 1.54) is 4.88 Å². The van der Waals surface area contributed by atoms with E-state index in [0.717, 1.165) is 13.0 Å². The molecule has 1 aromatic rings. The number of hydrogen-bond donors (Lipinski definition) is 2. The molecule has 0 aromatic carbocycles. The van der Waals surface area contributed by atoms with Crippen LogP contribution >= 0.6 is 11.3 Å². The second kappa shape index (κ2) is 4.69. The number of aromatic nitrogens is 1. The number of nitrogens with one attached hydrogen (secondary N) is 1. The Hall–Kier alpha value is -0.450. The molecule has 74 valence electrons. The topological polar surface area (TPSA) is 45.1 Å². The minimum Gasteiger partial charge on any atom is -0.394 e. The minimum absolute atomic E-state index is 0.163. The molecule has 0 amide bonds. The van der Waals surface area contributed by atoms with Crippen molar-refractivity contribution in [3.05, 3.63) is 16.6 Å². The average molecular weight is 200 g/mol. The Morgan fingerprint density at radius 3 is 2.92 bits per heavy atom. The summed E-state index contributed by atoms with van der Waals surface area (Å²) in [5, 5.41) is 12.5. The standard InChI is InChI=1S/C9H16N2OS/c1-3-9(2,6-12)11-5-8-4-10-7-13-8/h4,7,11-12H,3,5-6H2,1-2H3. The highest BCUT2D eigenvalue weighted by atomic mass is 32.1. The minimum atomic E-state index is -0.163. The average Bonchev–Trinajstić information content (AvgIpc) is 2.67. The number of rotatable bonds is 5. The van der Waals surface area contributed by atoms with Gasteiger partial charge in [-0.15, -0.1) is 11.3 Å². The molecule has 1 unspecified atom stereocenters. The van der Waals surface area contributed by atoms with E-state index in [1.54, 1.807) is 11.3 Å². The van der Waals surface area contributed by atoms with Crippen LogP contribution in [0.1, 0.15) is 25.1 Å². The Labute approximate surface area is 82.8 Å². The maximum absolute atomic E-state index is 9.14. The summed E-state index contributed by atoms with van der Waals surface area (Å²) >= 11 is 1.63. The van der Waals surface area contributed by atoms with Crippen molar-refractivity contribution in [1.29, 1.82) is 0 Å². The first-order valence-electron chi connectivity index (χ1n) is 4.43. The molecular formula is C9H16N2OS. The number of nitrogens with zero attached hydrogens (tertiary/aromatic N) is 1. The van der Waals surface area contributed by atoms with E-state index in [1.807, 2.05) is 18.6 Å². The first kappa shape index (κ1) is 10.6. The van der Waals surface area contributed by atoms with Gasteiger partial charge in [0.05, 0.1) is 12.1 Å². The number of aliphatic hydroxyl groups is 1. The van der Waals surface area contributed by atoms with E-state index in [-0.39, 0.29) is 12.1 Å². The van der Waals surface area contributed by atoms with Crippen LogP contribution in [0.3, 0.4) is 0 Å². The molecule has 1 heterocycles. The van der Waals surface area contributed by atoms with E-state index in [9.17, 15) is 0 Å². The second-order valence-corrected chi connectivity index (χ2v) is 4.36. The van der Waals surface area contributed by atoms with Crippen LogP contribution in [0.15, 0.2) is 11.7 Å². The monoisotopic (exact) mass is 200 g/mol. The van der Waals surface area contributed by atoms with E-state index in [2.05, 4.69) is 17.2 Å². The van der Waals surface area contributed by atoms with Crippen LogP contribution in [0.25, 0.3) is 0 Å². The predicted molar refractivity (Wildman–Crippen MR) is 54.7 cm³/mol. The maximum atomic E-state index is 9.14. The van der Waals surface area contributed by atoms with Crippen LogP contribution in [-0.2, 0) is 6.54 Å². The molecule has 0 fully saturated rings. The zero-order chi connectivity index (χ0) is 9.73. The summed E-state index contributed by atoms with van der Waals surface area (Å²) < 4.78 is 0. The lowest BCUT2D eigenvalue weighted by molar-refractivity contribution is 0.169. The highest BCUT2D eigenvalue weighted by Crippen LogP contribution is 2.11. The zero-order valence-corrected chi connectivity index (χ0v) is 8.90. The summed E-state index contributed by atoms with van der Waals surface area (Å²) in [6.45, 7) is 5.04. The fourth-order valence-electron chi connectivity index (χ4n) is 0.923. The number of aliphatic hydroxyl groups excluding tert-OH is 1. The fourth-order valence-corrected chi connectivity index (χ4v) is 1.46. The molecule has 0 saturated carbocycles. The maximum Gasteiger partial charge on any atom is 0.0794 e. The molecule has 1 rings (SSSR count). The Balaban J connectivity index is 2.41.